The summed E-state index contributed by atoms with van der Waals surface area (Å²) in [6, 6.07) is 0.506. The summed E-state index contributed by atoms with van der Waals surface area (Å²) in [6.07, 6.45) is 11.0. The normalized spacial score (nSPS) is 24.7. The van der Waals surface area contributed by atoms with E-state index < -0.39 is 0 Å². The minimum Gasteiger partial charge on any atom is -0.379 e. The number of piperidine rings is 1. The molecular weight excluding hydrogens is 436 g/mol. The number of morpholine rings is 1. The smallest absolute Gasteiger partial charge is 0.230 e. The molecule has 2 aliphatic carbocycles. The van der Waals surface area contributed by atoms with Crippen molar-refractivity contribution in [2.24, 2.45) is 5.92 Å². The monoisotopic (exact) mass is 476 g/mol. The molecule has 184 valence electrons. The van der Waals surface area contributed by atoms with Gasteiger partial charge in [-0.1, -0.05) is 37.9 Å². The predicted octanol–water partition coefficient (Wildman–Crippen LogP) is 3.09. The van der Waals surface area contributed by atoms with Gasteiger partial charge in [-0.15, -0.1) is 10.2 Å². The maximum absolute atomic E-state index is 12.9. The second-order valence-corrected chi connectivity index (χ2v) is 11.4. The number of ether oxygens (including phenoxy) is 1. The Labute approximate surface area is 202 Å². The third kappa shape index (κ3) is 5.51. The van der Waals surface area contributed by atoms with Crippen molar-refractivity contribution in [2.45, 2.75) is 81.4 Å². The summed E-state index contributed by atoms with van der Waals surface area (Å²) in [5.41, 5.74) is 0.106. The molecule has 4 aliphatic rings. The number of nitrogens with zero attached hydrogens (tertiary/aromatic N) is 5. The maximum atomic E-state index is 12.9. The van der Waals surface area contributed by atoms with Crippen LogP contribution < -0.4 is 10.2 Å². The van der Waals surface area contributed by atoms with E-state index in [0.717, 1.165) is 63.0 Å². The van der Waals surface area contributed by atoms with E-state index in [1.807, 2.05) is 0 Å². The number of carbonyl (C=O) groups excluding carboxylic acids is 1. The Morgan fingerprint density at radius 2 is 1.79 bits per heavy atom. The molecule has 0 bridgehead atoms. The molecule has 0 radical (unpaired) electrons. The highest BCUT2D eigenvalue weighted by atomic mass is 32.2. The fourth-order valence-electron chi connectivity index (χ4n) is 5.74. The highest BCUT2D eigenvalue weighted by Crippen LogP contribution is 2.41. The molecule has 1 aromatic rings. The molecule has 0 aromatic carbocycles. The van der Waals surface area contributed by atoms with Gasteiger partial charge in [-0.2, -0.15) is 0 Å². The lowest BCUT2D eigenvalue weighted by atomic mass is 9.79. The summed E-state index contributed by atoms with van der Waals surface area (Å²) in [5, 5.41) is 13.3. The van der Waals surface area contributed by atoms with Crippen LogP contribution in [0.3, 0.4) is 0 Å². The molecule has 4 fully saturated rings. The maximum Gasteiger partial charge on any atom is 0.230 e. The van der Waals surface area contributed by atoms with Gasteiger partial charge in [0.15, 0.2) is 5.16 Å². The Kier molecular flexibility index (Phi) is 7.47. The lowest BCUT2D eigenvalue weighted by molar-refractivity contribution is -0.119. The predicted molar refractivity (Wildman–Crippen MR) is 131 cm³/mol. The summed E-state index contributed by atoms with van der Waals surface area (Å²) >= 11 is 1.55. The molecule has 1 amide bonds. The number of aromatic nitrogens is 3. The zero-order valence-corrected chi connectivity index (χ0v) is 21.0. The number of rotatable bonds is 8. The van der Waals surface area contributed by atoms with Crippen LogP contribution in [0, 0.1) is 5.92 Å². The van der Waals surface area contributed by atoms with Gasteiger partial charge >= 0.3 is 0 Å². The van der Waals surface area contributed by atoms with Gasteiger partial charge in [0.2, 0.25) is 11.9 Å². The van der Waals surface area contributed by atoms with Crippen molar-refractivity contribution < 1.29 is 9.53 Å². The van der Waals surface area contributed by atoms with Crippen molar-refractivity contribution >= 4 is 23.6 Å². The van der Waals surface area contributed by atoms with Gasteiger partial charge in [-0.25, -0.2) is 0 Å². The Morgan fingerprint density at radius 3 is 2.48 bits per heavy atom. The lowest BCUT2D eigenvalue weighted by Gasteiger charge is -2.48. The van der Waals surface area contributed by atoms with E-state index >= 15 is 0 Å². The average molecular weight is 477 g/mol. The van der Waals surface area contributed by atoms with Crippen molar-refractivity contribution in [2.75, 3.05) is 56.6 Å². The first-order valence-electron chi connectivity index (χ1n) is 13.1. The van der Waals surface area contributed by atoms with E-state index in [4.69, 9.17) is 4.74 Å². The molecule has 0 atom stereocenters. The second kappa shape index (κ2) is 10.5. The zero-order valence-electron chi connectivity index (χ0n) is 20.1. The van der Waals surface area contributed by atoms with E-state index in [2.05, 4.69) is 36.8 Å². The first-order chi connectivity index (χ1) is 16.1. The van der Waals surface area contributed by atoms with Gasteiger partial charge in [0, 0.05) is 44.3 Å². The molecule has 2 aliphatic heterocycles. The van der Waals surface area contributed by atoms with Crippen molar-refractivity contribution in [1.82, 2.24) is 25.0 Å². The van der Waals surface area contributed by atoms with E-state index in [9.17, 15) is 4.79 Å². The van der Waals surface area contributed by atoms with E-state index in [0.29, 0.717) is 11.8 Å². The molecular formula is C24H40N6O2S. The van der Waals surface area contributed by atoms with E-state index in [-0.39, 0.29) is 11.4 Å². The van der Waals surface area contributed by atoms with Crippen LogP contribution in [0.5, 0.6) is 0 Å². The highest BCUT2D eigenvalue weighted by Gasteiger charge is 2.39. The van der Waals surface area contributed by atoms with E-state index in [1.165, 1.54) is 57.8 Å². The third-order valence-corrected chi connectivity index (χ3v) is 8.98. The molecule has 9 heteroatoms. The Bertz CT molecular complexity index is 793. The SMILES string of the molecule is CC1CCN(c2nnc(SCC(=O)NCC3(N4CCOCC4)CCCCC3)n2C2CC2)CC1. The molecule has 2 saturated heterocycles. The standard InChI is InChI=1S/C24H40N6O2S/c1-19-7-11-28(12-8-19)22-26-27-23(30(22)20-5-6-20)33-17-21(31)25-18-24(9-3-2-4-10-24)29-13-15-32-16-14-29/h19-20H,2-18H2,1H3,(H,25,31). The van der Waals surface area contributed by atoms with Crippen LogP contribution >= 0.6 is 11.8 Å². The van der Waals surface area contributed by atoms with Crippen LogP contribution in [-0.4, -0.2) is 82.8 Å². The number of amides is 1. The van der Waals surface area contributed by atoms with Gasteiger partial charge in [0.1, 0.15) is 0 Å². The molecule has 8 nitrogen and oxygen atoms in total. The van der Waals surface area contributed by atoms with Gasteiger partial charge in [0.05, 0.1) is 19.0 Å². The zero-order chi connectivity index (χ0) is 22.7. The molecule has 3 heterocycles. The first-order valence-corrected chi connectivity index (χ1v) is 14.1. The Hall–Kier alpha value is -1.32. The minimum absolute atomic E-state index is 0.106. The Balaban J connectivity index is 1.18. The van der Waals surface area contributed by atoms with Crippen LogP contribution in [-0.2, 0) is 9.53 Å². The summed E-state index contributed by atoms with van der Waals surface area (Å²) in [7, 11) is 0. The van der Waals surface area contributed by atoms with Crippen LogP contribution in [0.1, 0.15) is 70.8 Å². The molecule has 2 saturated carbocycles. The van der Waals surface area contributed by atoms with Gasteiger partial charge in [-0.3, -0.25) is 14.3 Å². The van der Waals surface area contributed by atoms with Crippen LogP contribution in [0.4, 0.5) is 5.95 Å². The van der Waals surface area contributed by atoms with Crippen molar-refractivity contribution in [3.63, 3.8) is 0 Å². The summed E-state index contributed by atoms with van der Waals surface area (Å²) < 4.78 is 7.89. The van der Waals surface area contributed by atoms with E-state index in [1.54, 1.807) is 11.8 Å². The topological polar surface area (TPSA) is 75.5 Å². The van der Waals surface area contributed by atoms with Gasteiger partial charge in [0.25, 0.3) is 0 Å². The number of thioether (sulfide) groups is 1. The van der Waals surface area contributed by atoms with Gasteiger partial charge < -0.3 is 15.0 Å². The fourth-order valence-corrected chi connectivity index (χ4v) is 6.57. The Morgan fingerprint density at radius 1 is 1.06 bits per heavy atom. The van der Waals surface area contributed by atoms with Crippen LogP contribution in [0.2, 0.25) is 0 Å². The van der Waals surface area contributed by atoms with Crippen molar-refractivity contribution in [3.8, 4) is 0 Å². The van der Waals surface area contributed by atoms with Crippen molar-refractivity contribution in [3.05, 3.63) is 0 Å². The number of hydrogen-bond donors (Lipinski definition) is 1. The van der Waals surface area contributed by atoms with Crippen LogP contribution in [0.15, 0.2) is 5.16 Å². The largest absolute Gasteiger partial charge is 0.379 e. The molecule has 1 aromatic heterocycles. The molecule has 1 N–H and O–H groups in total. The second-order valence-electron chi connectivity index (χ2n) is 10.5. The average Bonchev–Trinajstić information content (AvgIpc) is 3.62. The van der Waals surface area contributed by atoms with Crippen LogP contribution in [0.25, 0.3) is 0 Å². The van der Waals surface area contributed by atoms with Gasteiger partial charge in [-0.05, 0) is 44.4 Å². The number of nitrogens with one attached hydrogen (secondary N) is 1. The number of carbonyl (C=O) groups is 1. The quantitative estimate of drug-likeness (QED) is 0.578. The first kappa shape index (κ1) is 23.4. The highest BCUT2D eigenvalue weighted by molar-refractivity contribution is 7.99. The van der Waals surface area contributed by atoms with Crippen molar-refractivity contribution in [1.29, 1.82) is 0 Å². The minimum atomic E-state index is 0.106. The summed E-state index contributed by atoms with van der Waals surface area (Å²) in [5.74, 6) is 2.32. The lowest BCUT2D eigenvalue weighted by Crippen LogP contribution is -2.59. The third-order valence-electron chi connectivity index (χ3n) is 8.04. The summed E-state index contributed by atoms with van der Waals surface area (Å²) in [4.78, 5) is 17.9. The molecule has 5 rings (SSSR count). The molecule has 0 spiro atoms. The number of anilines is 1. The fraction of sp³-hybridized carbons (Fsp3) is 0.875. The number of hydrogen-bond acceptors (Lipinski definition) is 7. The molecule has 0 unspecified atom stereocenters. The molecule has 33 heavy (non-hydrogen) atoms. The summed E-state index contributed by atoms with van der Waals surface area (Å²) in [6.45, 7) is 8.77.